The van der Waals surface area contributed by atoms with Gasteiger partial charge in [0, 0.05) is 0 Å². The largest absolute Gasteiger partial charge is 0.0845 e. The van der Waals surface area contributed by atoms with Gasteiger partial charge in [-0.25, -0.2) is 0 Å². The van der Waals surface area contributed by atoms with Crippen molar-refractivity contribution in [2.24, 2.45) is 17.8 Å². The van der Waals surface area contributed by atoms with Crippen LogP contribution >= 0.6 is 0 Å². The molecular formula is C20H34. The molecule has 0 aromatic heterocycles. The zero-order valence-corrected chi connectivity index (χ0v) is 14.2. The zero-order valence-electron chi connectivity index (χ0n) is 14.2. The van der Waals surface area contributed by atoms with E-state index in [0.29, 0.717) is 0 Å². The molecule has 1 fully saturated rings. The summed E-state index contributed by atoms with van der Waals surface area (Å²) in [5.74, 6) is 2.77. The summed E-state index contributed by atoms with van der Waals surface area (Å²) in [4.78, 5) is 0. The van der Waals surface area contributed by atoms with Crippen LogP contribution in [0.15, 0.2) is 22.8 Å². The van der Waals surface area contributed by atoms with Gasteiger partial charge in [-0.1, -0.05) is 49.5 Å². The molecular weight excluding hydrogens is 240 g/mol. The van der Waals surface area contributed by atoms with Gasteiger partial charge in [-0.2, -0.15) is 0 Å². The molecule has 2 aliphatic rings. The quantitative estimate of drug-likeness (QED) is 0.474. The first-order valence-electron chi connectivity index (χ1n) is 8.98. The first kappa shape index (κ1) is 15.9. The Kier molecular flexibility index (Phi) is 5.93. The lowest BCUT2D eigenvalue weighted by molar-refractivity contribution is 0.376. The Bertz CT molecular complexity index is 365. The Balaban J connectivity index is 1.76. The van der Waals surface area contributed by atoms with Crippen molar-refractivity contribution in [2.75, 3.05) is 0 Å². The molecule has 0 amide bonds. The van der Waals surface area contributed by atoms with Crippen LogP contribution in [0.4, 0.5) is 0 Å². The average molecular weight is 274 g/mol. The van der Waals surface area contributed by atoms with Crippen molar-refractivity contribution in [1.82, 2.24) is 0 Å². The molecule has 0 spiro atoms. The maximum absolute atomic E-state index is 2.62. The van der Waals surface area contributed by atoms with Gasteiger partial charge in [0.05, 0.1) is 0 Å². The third kappa shape index (κ3) is 3.77. The summed E-state index contributed by atoms with van der Waals surface area (Å²) >= 11 is 0. The highest BCUT2D eigenvalue weighted by molar-refractivity contribution is 5.18. The highest BCUT2D eigenvalue weighted by Gasteiger charge is 2.31. The maximum Gasteiger partial charge on any atom is -0.0198 e. The Morgan fingerprint density at radius 3 is 2.50 bits per heavy atom. The lowest BCUT2D eigenvalue weighted by Gasteiger charge is -2.22. The molecule has 2 atom stereocenters. The van der Waals surface area contributed by atoms with Crippen LogP contribution in [0.5, 0.6) is 0 Å². The van der Waals surface area contributed by atoms with E-state index in [2.05, 4.69) is 33.8 Å². The predicted octanol–water partition coefficient (Wildman–Crippen LogP) is 6.68. The standard InChI is InChI=1S/C20H34/c1-5-15(2)16(3)9-8-12-18-13-14-20(17(18)4)19-10-6-7-11-19/h14,17-19H,5-13H2,1-4H3/b16-15-. The van der Waals surface area contributed by atoms with E-state index in [1.807, 2.05) is 5.57 Å². The summed E-state index contributed by atoms with van der Waals surface area (Å²) in [7, 11) is 0. The normalized spacial score (nSPS) is 28.7. The van der Waals surface area contributed by atoms with Crippen LogP contribution in [0.25, 0.3) is 0 Å². The second kappa shape index (κ2) is 7.48. The SMILES string of the molecule is CC/C(C)=C(/C)CCCC1CC=C(C2CCCC2)C1C. The van der Waals surface area contributed by atoms with Crippen LogP contribution in [0.1, 0.15) is 85.5 Å². The number of hydrogen-bond donors (Lipinski definition) is 0. The van der Waals surface area contributed by atoms with E-state index in [1.165, 1.54) is 57.8 Å². The average Bonchev–Trinajstić information content (AvgIpc) is 3.08. The third-order valence-corrected chi connectivity index (χ3v) is 6.10. The van der Waals surface area contributed by atoms with E-state index in [9.17, 15) is 0 Å². The molecule has 0 aromatic rings. The van der Waals surface area contributed by atoms with Crippen LogP contribution in [0.3, 0.4) is 0 Å². The van der Waals surface area contributed by atoms with E-state index in [1.54, 1.807) is 11.1 Å². The predicted molar refractivity (Wildman–Crippen MR) is 89.8 cm³/mol. The monoisotopic (exact) mass is 274 g/mol. The molecule has 0 heterocycles. The summed E-state index contributed by atoms with van der Waals surface area (Å²) in [5, 5.41) is 0. The van der Waals surface area contributed by atoms with Crippen LogP contribution in [-0.4, -0.2) is 0 Å². The van der Waals surface area contributed by atoms with Gasteiger partial charge in [-0.15, -0.1) is 0 Å². The van der Waals surface area contributed by atoms with Crippen molar-refractivity contribution in [2.45, 2.75) is 85.5 Å². The van der Waals surface area contributed by atoms with Gasteiger partial charge in [0.25, 0.3) is 0 Å². The third-order valence-electron chi connectivity index (χ3n) is 6.10. The molecule has 114 valence electrons. The summed E-state index contributed by atoms with van der Waals surface area (Å²) in [6.45, 7) is 9.41. The molecule has 0 heteroatoms. The minimum Gasteiger partial charge on any atom is -0.0845 e. The molecule has 0 radical (unpaired) electrons. The Labute approximate surface area is 126 Å². The van der Waals surface area contributed by atoms with Gasteiger partial charge < -0.3 is 0 Å². The fourth-order valence-corrected chi connectivity index (χ4v) is 4.26. The minimum absolute atomic E-state index is 0.870. The topological polar surface area (TPSA) is 0 Å². The fourth-order valence-electron chi connectivity index (χ4n) is 4.26. The highest BCUT2D eigenvalue weighted by Crippen LogP contribution is 2.44. The van der Waals surface area contributed by atoms with E-state index >= 15 is 0 Å². The van der Waals surface area contributed by atoms with Crippen molar-refractivity contribution < 1.29 is 0 Å². The van der Waals surface area contributed by atoms with Crippen LogP contribution in [0, 0.1) is 17.8 Å². The van der Waals surface area contributed by atoms with Crippen molar-refractivity contribution in [3.05, 3.63) is 22.8 Å². The van der Waals surface area contributed by atoms with Crippen molar-refractivity contribution in [3.63, 3.8) is 0 Å². The number of rotatable bonds is 6. The molecule has 0 aromatic carbocycles. The first-order valence-corrected chi connectivity index (χ1v) is 8.98. The van der Waals surface area contributed by atoms with Gasteiger partial charge in [-0.3, -0.25) is 0 Å². The maximum atomic E-state index is 2.62. The molecule has 0 nitrogen and oxygen atoms in total. The van der Waals surface area contributed by atoms with E-state index in [-0.39, 0.29) is 0 Å². The number of hydrogen-bond acceptors (Lipinski definition) is 0. The van der Waals surface area contributed by atoms with Gasteiger partial charge in [0.2, 0.25) is 0 Å². The molecule has 2 unspecified atom stereocenters. The van der Waals surface area contributed by atoms with E-state index in [0.717, 1.165) is 17.8 Å². The molecule has 2 aliphatic carbocycles. The Hall–Kier alpha value is -0.520. The molecule has 0 aliphatic heterocycles. The van der Waals surface area contributed by atoms with Crippen molar-refractivity contribution in [1.29, 1.82) is 0 Å². The van der Waals surface area contributed by atoms with Crippen LogP contribution in [0.2, 0.25) is 0 Å². The summed E-state index contributed by atoms with van der Waals surface area (Å²) in [5.41, 5.74) is 5.08. The smallest absolute Gasteiger partial charge is 0.0198 e. The van der Waals surface area contributed by atoms with E-state index in [4.69, 9.17) is 0 Å². The highest BCUT2D eigenvalue weighted by atomic mass is 14.4. The zero-order chi connectivity index (χ0) is 14.5. The molecule has 2 rings (SSSR count). The van der Waals surface area contributed by atoms with Gasteiger partial charge >= 0.3 is 0 Å². The minimum atomic E-state index is 0.870. The Morgan fingerprint density at radius 1 is 1.15 bits per heavy atom. The fraction of sp³-hybridized carbons (Fsp3) is 0.800. The lowest BCUT2D eigenvalue weighted by atomic mass is 9.83. The molecule has 0 saturated heterocycles. The number of allylic oxidation sites excluding steroid dienone is 4. The summed E-state index contributed by atoms with van der Waals surface area (Å²) in [6, 6.07) is 0. The van der Waals surface area contributed by atoms with Crippen LogP contribution < -0.4 is 0 Å². The molecule has 0 N–H and O–H groups in total. The second-order valence-electron chi connectivity index (χ2n) is 7.28. The lowest BCUT2D eigenvalue weighted by Crippen LogP contribution is -2.12. The second-order valence-corrected chi connectivity index (χ2v) is 7.28. The van der Waals surface area contributed by atoms with E-state index < -0.39 is 0 Å². The van der Waals surface area contributed by atoms with Crippen LogP contribution in [-0.2, 0) is 0 Å². The van der Waals surface area contributed by atoms with Gasteiger partial charge in [0.1, 0.15) is 0 Å². The first-order chi connectivity index (χ1) is 9.63. The van der Waals surface area contributed by atoms with Crippen molar-refractivity contribution in [3.8, 4) is 0 Å². The summed E-state index contributed by atoms with van der Waals surface area (Å²) in [6.07, 6.45) is 15.2. The summed E-state index contributed by atoms with van der Waals surface area (Å²) < 4.78 is 0. The molecule has 20 heavy (non-hydrogen) atoms. The molecule has 0 bridgehead atoms. The van der Waals surface area contributed by atoms with Gasteiger partial charge in [0.15, 0.2) is 0 Å². The van der Waals surface area contributed by atoms with Crippen molar-refractivity contribution >= 4 is 0 Å². The molecule has 1 saturated carbocycles. The Morgan fingerprint density at radius 2 is 1.85 bits per heavy atom. The van der Waals surface area contributed by atoms with Gasteiger partial charge in [-0.05, 0) is 76.5 Å².